The summed E-state index contributed by atoms with van der Waals surface area (Å²) in [6, 6.07) is 4.15. The third-order valence-corrected chi connectivity index (χ3v) is 4.52. The van der Waals surface area contributed by atoms with E-state index in [0.717, 1.165) is 10.2 Å². The Balaban J connectivity index is 2.81. The van der Waals surface area contributed by atoms with Crippen LogP contribution >= 0.6 is 39.0 Å². The number of hydrogen-bond acceptors (Lipinski definition) is 3. The average Bonchev–Trinajstić information content (AvgIpc) is 2.61. The number of rotatable bonds is 2. The van der Waals surface area contributed by atoms with Gasteiger partial charge in [-0.25, -0.2) is 0 Å². The summed E-state index contributed by atoms with van der Waals surface area (Å²) < 4.78 is 7.69. The van der Waals surface area contributed by atoms with Crippen LogP contribution < -0.4 is 4.74 Å². The molecule has 14 heavy (non-hydrogen) atoms. The number of halogens is 1. The Morgan fingerprint density at radius 1 is 1.43 bits per heavy atom. The maximum atomic E-state index is 5.41. The first-order valence-electron chi connectivity index (χ1n) is 4.05. The maximum absolute atomic E-state index is 5.41. The van der Waals surface area contributed by atoms with Crippen molar-refractivity contribution in [3.63, 3.8) is 0 Å². The highest BCUT2D eigenvalue weighted by atomic mass is 79.9. The van der Waals surface area contributed by atoms with Crippen LogP contribution in [0, 0.1) is 0 Å². The Hall–Kier alpha value is -0.190. The van der Waals surface area contributed by atoms with E-state index in [4.69, 9.17) is 4.74 Å². The zero-order valence-electron chi connectivity index (χ0n) is 7.83. The van der Waals surface area contributed by atoms with E-state index in [1.165, 1.54) is 15.0 Å². The maximum Gasteiger partial charge on any atom is 0.142 e. The number of benzene rings is 1. The number of methoxy groups -OCH3 is 1. The standard InChI is InChI=1S/C10H9BrOS2/c1-12-10-6(11)3-4-7-9(10)8(13-2)5-14-7/h3-5H,1-2H3. The molecule has 0 aliphatic heterocycles. The van der Waals surface area contributed by atoms with Gasteiger partial charge in [0.25, 0.3) is 0 Å². The number of hydrogen-bond donors (Lipinski definition) is 0. The molecule has 0 aliphatic rings. The quantitative estimate of drug-likeness (QED) is 0.758. The van der Waals surface area contributed by atoms with E-state index in [9.17, 15) is 0 Å². The van der Waals surface area contributed by atoms with Crippen molar-refractivity contribution in [1.29, 1.82) is 0 Å². The van der Waals surface area contributed by atoms with Gasteiger partial charge in [-0.2, -0.15) is 0 Å². The highest BCUT2D eigenvalue weighted by molar-refractivity contribution is 9.10. The van der Waals surface area contributed by atoms with E-state index < -0.39 is 0 Å². The molecule has 4 heteroatoms. The van der Waals surface area contributed by atoms with Gasteiger partial charge in [-0.3, -0.25) is 0 Å². The number of fused-ring (bicyclic) bond motifs is 1. The van der Waals surface area contributed by atoms with Crippen LogP contribution in [0.3, 0.4) is 0 Å². The summed E-state index contributed by atoms with van der Waals surface area (Å²) in [5.41, 5.74) is 0. The first kappa shape index (κ1) is 10.3. The largest absolute Gasteiger partial charge is 0.495 e. The van der Waals surface area contributed by atoms with E-state index >= 15 is 0 Å². The number of thioether (sulfide) groups is 1. The second-order valence-corrected chi connectivity index (χ2v) is 5.37. The molecule has 0 amide bonds. The van der Waals surface area contributed by atoms with Crippen molar-refractivity contribution < 1.29 is 4.74 Å². The van der Waals surface area contributed by atoms with Gasteiger partial charge in [0.1, 0.15) is 5.75 Å². The first-order valence-corrected chi connectivity index (χ1v) is 6.95. The van der Waals surface area contributed by atoms with Crippen molar-refractivity contribution in [2.24, 2.45) is 0 Å². The zero-order chi connectivity index (χ0) is 10.1. The van der Waals surface area contributed by atoms with E-state index in [2.05, 4.69) is 33.6 Å². The van der Waals surface area contributed by atoms with Gasteiger partial charge >= 0.3 is 0 Å². The van der Waals surface area contributed by atoms with E-state index in [1.807, 2.05) is 6.07 Å². The summed E-state index contributed by atoms with van der Waals surface area (Å²) in [4.78, 5) is 1.28. The van der Waals surface area contributed by atoms with Gasteiger partial charge in [-0.1, -0.05) is 0 Å². The molecule has 1 aromatic heterocycles. The first-order chi connectivity index (χ1) is 6.77. The molecule has 0 atom stereocenters. The smallest absolute Gasteiger partial charge is 0.142 e. The monoisotopic (exact) mass is 288 g/mol. The lowest BCUT2D eigenvalue weighted by molar-refractivity contribution is 0.417. The van der Waals surface area contributed by atoms with Crippen molar-refractivity contribution in [3.05, 3.63) is 22.0 Å². The predicted octanol–water partition coefficient (Wildman–Crippen LogP) is 4.39. The topological polar surface area (TPSA) is 9.23 Å². The molecule has 2 rings (SSSR count). The number of thiophene rings is 1. The van der Waals surface area contributed by atoms with Crippen LogP contribution in [0.2, 0.25) is 0 Å². The molecule has 1 aromatic carbocycles. The molecule has 0 bridgehead atoms. The number of ether oxygens (including phenoxy) is 1. The van der Waals surface area contributed by atoms with Gasteiger partial charge in [-0.05, 0) is 34.3 Å². The third kappa shape index (κ3) is 1.55. The van der Waals surface area contributed by atoms with Crippen LogP contribution in [-0.2, 0) is 0 Å². The Kier molecular flexibility index (Phi) is 3.04. The molecular formula is C10H9BrOS2. The summed E-state index contributed by atoms with van der Waals surface area (Å²) >= 11 is 7.00. The Bertz CT molecular complexity index is 464. The molecule has 0 N–H and O–H groups in total. The molecule has 0 unspecified atom stereocenters. The third-order valence-electron chi connectivity index (χ3n) is 2.03. The van der Waals surface area contributed by atoms with Crippen LogP contribution in [0.15, 0.2) is 26.9 Å². The average molecular weight is 289 g/mol. The van der Waals surface area contributed by atoms with Crippen LogP contribution in [0.25, 0.3) is 10.1 Å². The Morgan fingerprint density at radius 3 is 2.86 bits per heavy atom. The lowest BCUT2D eigenvalue weighted by atomic mass is 10.2. The molecule has 0 saturated carbocycles. The summed E-state index contributed by atoms with van der Waals surface area (Å²) in [6.45, 7) is 0. The van der Waals surface area contributed by atoms with E-state index in [0.29, 0.717) is 0 Å². The van der Waals surface area contributed by atoms with Crippen molar-refractivity contribution >= 4 is 49.1 Å². The molecule has 0 fully saturated rings. The summed E-state index contributed by atoms with van der Waals surface area (Å²) in [5.74, 6) is 0.938. The second-order valence-electron chi connectivity index (χ2n) is 2.76. The van der Waals surface area contributed by atoms with Crippen molar-refractivity contribution in [2.75, 3.05) is 13.4 Å². The minimum absolute atomic E-state index is 0.938. The minimum atomic E-state index is 0.938. The molecule has 0 aliphatic carbocycles. The highest BCUT2D eigenvalue weighted by Crippen LogP contribution is 2.42. The summed E-state index contributed by atoms with van der Waals surface area (Å²) in [5, 5.41) is 3.39. The van der Waals surface area contributed by atoms with Crippen LogP contribution in [0.5, 0.6) is 5.75 Å². The van der Waals surface area contributed by atoms with Crippen LogP contribution in [0.4, 0.5) is 0 Å². The van der Waals surface area contributed by atoms with E-state index in [-0.39, 0.29) is 0 Å². The second kappa shape index (κ2) is 4.13. The lowest BCUT2D eigenvalue weighted by Gasteiger charge is -2.05. The van der Waals surface area contributed by atoms with Crippen LogP contribution in [-0.4, -0.2) is 13.4 Å². The Morgan fingerprint density at radius 2 is 2.21 bits per heavy atom. The normalized spacial score (nSPS) is 10.8. The van der Waals surface area contributed by atoms with Crippen molar-refractivity contribution in [2.45, 2.75) is 4.90 Å². The van der Waals surface area contributed by atoms with Gasteiger partial charge in [0.05, 0.1) is 11.6 Å². The molecule has 74 valence electrons. The summed E-state index contributed by atoms with van der Waals surface area (Å²) in [6.07, 6.45) is 2.09. The molecular weight excluding hydrogens is 280 g/mol. The van der Waals surface area contributed by atoms with E-state index in [1.54, 1.807) is 30.2 Å². The SMILES string of the molecule is COc1c(Br)ccc2scc(SC)c12. The fraction of sp³-hybridized carbons (Fsp3) is 0.200. The molecule has 0 spiro atoms. The zero-order valence-corrected chi connectivity index (χ0v) is 11.1. The van der Waals surface area contributed by atoms with Crippen molar-refractivity contribution in [3.8, 4) is 5.75 Å². The van der Waals surface area contributed by atoms with Crippen molar-refractivity contribution in [1.82, 2.24) is 0 Å². The van der Waals surface area contributed by atoms with Gasteiger partial charge in [-0.15, -0.1) is 23.1 Å². The van der Waals surface area contributed by atoms with Gasteiger partial charge < -0.3 is 4.74 Å². The molecule has 0 saturated heterocycles. The molecule has 1 heterocycles. The predicted molar refractivity (Wildman–Crippen MR) is 67.9 cm³/mol. The van der Waals surface area contributed by atoms with Gasteiger partial charge in [0.15, 0.2) is 0 Å². The molecule has 1 nitrogen and oxygen atoms in total. The summed E-state index contributed by atoms with van der Waals surface area (Å²) in [7, 11) is 1.71. The Labute approximate surface area is 99.6 Å². The van der Waals surface area contributed by atoms with Gasteiger partial charge in [0, 0.05) is 20.4 Å². The van der Waals surface area contributed by atoms with Crippen LogP contribution in [0.1, 0.15) is 0 Å². The molecule has 0 radical (unpaired) electrons. The highest BCUT2D eigenvalue weighted by Gasteiger charge is 2.11. The van der Waals surface area contributed by atoms with Gasteiger partial charge in [0.2, 0.25) is 0 Å². The fourth-order valence-electron chi connectivity index (χ4n) is 1.40. The fourth-order valence-corrected chi connectivity index (χ4v) is 3.71. The molecule has 2 aromatic rings. The minimum Gasteiger partial charge on any atom is -0.495 e. The lowest BCUT2D eigenvalue weighted by Crippen LogP contribution is -1.85.